The molecule has 184 valence electrons. The van der Waals surface area contributed by atoms with Crippen LogP contribution in [0.25, 0.3) is 11.3 Å². The molecular weight excluding hydrogens is 438 g/mol. The molecule has 4 rings (SSSR count). The minimum atomic E-state index is -0.496. The van der Waals surface area contributed by atoms with E-state index < -0.39 is 5.60 Å². The minimum absolute atomic E-state index is 0.248. The predicted molar refractivity (Wildman–Crippen MR) is 138 cm³/mol. The Labute approximate surface area is 208 Å². The van der Waals surface area contributed by atoms with Crippen LogP contribution in [-0.2, 0) is 30.6 Å². The molecule has 6 heteroatoms. The highest BCUT2D eigenvalue weighted by Gasteiger charge is 2.24. The molecule has 1 aliphatic heterocycles. The van der Waals surface area contributed by atoms with Gasteiger partial charge in [-0.2, -0.15) is 0 Å². The van der Waals surface area contributed by atoms with Crippen LogP contribution in [0.5, 0.6) is 5.75 Å². The number of pyridine rings is 2. The molecule has 1 amide bonds. The molecule has 0 saturated carbocycles. The molecule has 0 radical (unpaired) electrons. The van der Waals surface area contributed by atoms with Crippen molar-refractivity contribution < 1.29 is 14.3 Å². The summed E-state index contributed by atoms with van der Waals surface area (Å²) in [4.78, 5) is 23.7. The van der Waals surface area contributed by atoms with Gasteiger partial charge < -0.3 is 14.4 Å². The number of carbonyl (C=O) groups is 1. The predicted octanol–water partition coefficient (Wildman–Crippen LogP) is 5.93. The van der Waals surface area contributed by atoms with E-state index in [9.17, 15) is 4.79 Å². The number of carbonyl (C=O) groups excluding carboxylic acids is 1. The third-order valence-electron chi connectivity index (χ3n) is 6.10. The number of aryl methyl sites for hydroxylation is 2. The van der Waals surface area contributed by atoms with Crippen LogP contribution in [0.2, 0.25) is 0 Å². The Kier molecular flexibility index (Phi) is 7.39. The molecule has 35 heavy (non-hydrogen) atoms. The summed E-state index contributed by atoms with van der Waals surface area (Å²) in [5.74, 6) is 0.739. The lowest BCUT2D eigenvalue weighted by atomic mass is 9.98. The lowest BCUT2D eigenvalue weighted by Gasteiger charge is -2.26. The van der Waals surface area contributed by atoms with E-state index in [-0.39, 0.29) is 6.09 Å². The average Bonchev–Trinajstić information content (AvgIpc) is 3.04. The van der Waals surface area contributed by atoms with E-state index in [4.69, 9.17) is 14.5 Å². The summed E-state index contributed by atoms with van der Waals surface area (Å²) >= 11 is 0. The molecule has 3 heterocycles. The number of hydrogen-bond donors (Lipinski definition) is 0. The molecule has 1 aliphatic rings. The lowest BCUT2D eigenvalue weighted by molar-refractivity contribution is 0.0258. The van der Waals surface area contributed by atoms with Crippen LogP contribution in [0.15, 0.2) is 48.7 Å². The van der Waals surface area contributed by atoms with E-state index in [2.05, 4.69) is 36.2 Å². The van der Waals surface area contributed by atoms with Crippen molar-refractivity contribution in [1.29, 1.82) is 0 Å². The first-order valence-corrected chi connectivity index (χ1v) is 12.4. The number of fused-ring (bicyclic) bond motifs is 1. The number of amides is 1. The zero-order valence-corrected chi connectivity index (χ0v) is 21.4. The Morgan fingerprint density at radius 1 is 1.03 bits per heavy atom. The van der Waals surface area contributed by atoms with E-state index in [1.165, 1.54) is 16.7 Å². The van der Waals surface area contributed by atoms with E-state index in [1.807, 2.05) is 57.0 Å². The summed E-state index contributed by atoms with van der Waals surface area (Å²) in [5.41, 5.74) is 6.92. The van der Waals surface area contributed by atoms with Gasteiger partial charge in [-0.15, -0.1) is 0 Å². The van der Waals surface area contributed by atoms with Crippen LogP contribution in [0, 0.1) is 6.92 Å². The average molecular weight is 474 g/mol. The molecule has 6 nitrogen and oxygen atoms in total. The van der Waals surface area contributed by atoms with Crippen molar-refractivity contribution in [3.8, 4) is 17.0 Å². The number of ether oxygens (including phenoxy) is 2. The van der Waals surface area contributed by atoms with Gasteiger partial charge in [0.25, 0.3) is 0 Å². The van der Waals surface area contributed by atoms with Crippen molar-refractivity contribution in [1.82, 2.24) is 14.9 Å². The second-order valence-corrected chi connectivity index (χ2v) is 10.0. The zero-order chi connectivity index (χ0) is 25.0. The Morgan fingerprint density at radius 3 is 2.54 bits per heavy atom. The molecule has 0 fully saturated rings. The van der Waals surface area contributed by atoms with Gasteiger partial charge in [-0.25, -0.2) is 9.78 Å². The molecule has 3 aromatic rings. The molecule has 0 N–H and O–H groups in total. The van der Waals surface area contributed by atoms with Gasteiger partial charge in [0.1, 0.15) is 23.7 Å². The van der Waals surface area contributed by atoms with E-state index in [0.29, 0.717) is 19.7 Å². The Balaban J connectivity index is 1.54. The van der Waals surface area contributed by atoms with Gasteiger partial charge in [-0.05, 0) is 94.0 Å². The maximum atomic E-state index is 12.6. The molecule has 0 bridgehead atoms. The molecule has 0 aliphatic carbocycles. The van der Waals surface area contributed by atoms with Crippen LogP contribution in [0.4, 0.5) is 4.79 Å². The van der Waals surface area contributed by atoms with Crippen molar-refractivity contribution in [3.63, 3.8) is 0 Å². The summed E-state index contributed by atoms with van der Waals surface area (Å²) in [5, 5.41) is 0. The van der Waals surface area contributed by atoms with Gasteiger partial charge in [0, 0.05) is 30.5 Å². The number of benzene rings is 1. The minimum Gasteiger partial charge on any atom is -0.485 e. The highest BCUT2D eigenvalue weighted by Crippen LogP contribution is 2.31. The summed E-state index contributed by atoms with van der Waals surface area (Å²) in [6.45, 7) is 11.5. The summed E-state index contributed by atoms with van der Waals surface area (Å²) in [7, 11) is 0. The van der Waals surface area contributed by atoms with Crippen LogP contribution >= 0.6 is 0 Å². The number of nitrogens with zero attached hydrogens (tertiary/aromatic N) is 3. The molecule has 1 aromatic carbocycles. The SMILES string of the molecule is CCc1ccnc(COc2ccc(C)nc2-c2ccc3c(c2)CCN(C(=O)OC(C)(C)C)CC3)c1. The van der Waals surface area contributed by atoms with E-state index in [1.54, 1.807) is 0 Å². The largest absolute Gasteiger partial charge is 0.485 e. The highest BCUT2D eigenvalue weighted by atomic mass is 16.6. The number of hydrogen-bond acceptors (Lipinski definition) is 5. The van der Waals surface area contributed by atoms with Gasteiger partial charge in [-0.3, -0.25) is 4.98 Å². The third-order valence-corrected chi connectivity index (χ3v) is 6.10. The van der Waals surface area contributed by atoms with Crippen molar-refractivity contribution in [2.75, 3.05) is 13.1 Å². The monoisotopic (exact) mass is 473 g/mol. The molecular formula is C29H35N3O3. The first-order valence-electron chi connectivity index (χ1n) is 12.4. The van der Waals surface area contributed by atoms with Gasteiger partial charge in [0.05, 0.1) is 5.69 Å². The number of aromatic nitrogens is 2. The number of rotatable bonds is 5. The van der Waals surface area contributed by atoms with Crippen LogP contribution in [-0.4, -0.2) is 39.7 Å². The second kappa shape index (κ2) is 10.5. The standard InChI is InChI=1S/C29H35N3O3/c1-6-21-11-14-30-25(17-21)19-34-26-10-7-20(2)31-27(26)24-9-8-22-12-15-32(16-13-23(22)18-24)28(33)35-29(3,4)5/h7-11,14,17-18H,6,12-13,15-16,19H2,1-5H3. The van der Waals surface area contributed by atoms with E-state index in [0.717, 1.165) is 47.7 Å². The van der Waals surface area contributed by atoms with Gasteiger partial charge in [-0.1, -0.05) is 19.1 Å². The van der Waals surface area contributed by atoms with Gasteiger partial charge in [0.2, 0.25) is 0 Å². The summed E-state index contributed by atoms with van der Waals surface area (Å²) in [6.07, 6.45) is 4.13. The van der Waals surface area contributed by atoms with Gasteiger partial charge in [0.15, 0.2) is 0 Å². The highest BCUT2D eigenvalue weighted by molar-refractivity contribution is 5.69. The van der Waals surface area contributed by atoms with Crippen molar-refractivity contribution in [3.05, 3.63) is 76.7 Å². The summed E-state index contributed by atoms with van der Waals surface area (Å²) in [6, 6.07) is 14.5. The van der Waals surface area contributed by atoms with Crippen LogP contribution in [0.3, 0.4) is 0 Å². The zero-order valence-electron chi connectivity index (χ0n) is 21.4. The van der Waals surface area contributed by atoms with Crippen molar-refractivity contribution >= 4 is 6.09 Å². The first-order chi connectivity index (χ1) is 16.7. The normalized spacial score (nSPS) is 13.7. The Hall–Kier alpha value is -3.41. The fraction of sp³-hybridized carbons (Fsp3) is 0.414. The Bertz CT molecular complexity index is 1200. The second-order valence-electron chi connectivity index (χ2n) is 10.0. The van der Waals surface area contributed by atoms with Gasteiger partial charge >= 0.3 is 6.09 Å². The maximum absolute atomic E-state index is 12.6. The maximum Gasteiger partial charge on any atom is 0.410 e. The van der Waals surface area contributed by atoms with Crippen molar-refractivity contribution in [2.45, 2.75) is 66.1 Å². The smallest absolute Gasteiger partial charge is 0.410 e. The fourth-order valence-electron chi connectivity index (χ4n) is 4.23. The lowest BCUT2D eigenvalue weighted by Crippen LogP contribution is -2.38. The quantitative estimate of drug-likeness (QED) is 0.460. The third kappa shape index (κ3) is 6.38. The first kappa shape index (κ1) is 24.7. The van der Waals surface area contributed by atoms with Crippen molar-refractivity contribution in [2.24, 2.45) is 0 Å². The molecule has 0 saturated heterocycles. The molecule has 0 spiro atoms. The topological polar surface area (TPSA) is 64.6 Å². The van der Waals surface area contributed by atoms with E-state index >= 15 is 0 Å². The Morgan fingerprint density at radius 2 is 1.80 bits per heavy atom. The summed E-state index contributed by atoms with van der Waals surface area (Å²) < 4.78 is 11.8. The van der Waals surface area contributed by atoms with Crippen LogP contribution in [0.1, 0.15) is 55.8 Å². The molecule has 0 unspecified atom stereocenters. The van der Waals surface area contributed by atoms with Crippen LogP contribution < -0.4 is 4.74 Å². The molecule has 0 atom stereocenters. The fourth-order valence-corrected chi connectivity index (χ4v) is 4.23. The molecule has 2 aromatic heterocycles.